The maximum Gasteiger partial charge on any atom is 0.244 e. The number of hydrogen-bond donors (Lipinski definition) is 1. The number of halogens is 1. The molecule has 0 saturated heterocycles. The standard InChI is InChI=1S/C12H17BrN2O/c1-8-10(13)6-5-7-11(8)14-9(2)12(16)15(3)4/h5-7,9,14H,1-4H3. The fraction of sp³-hybridized carbons (Fsp3) is 0.417. The average Bonchev–Trinajstić information content (AvgIpc) is 2.23. The zero-order valence-electron chi connectivity index (χ0n) is 10.0. The molecule has 16 heavy (non-hydrogen) atoms. The van der Waals surface area contributed by atoms with Gasteiger partial charge < -0.3 is 10.2 Å². The normalized spacial score (nSPS) is 12.1. The van der Waals surface area contributed by atoms with Gasteiger partial charge in [-0.05, 0) is 31.5 Å². The molecule has 0 spiro atoms. The van der Waals surface area contributed by atoms with Gasteiger partial charge in [-0.15, -0.1) is 0 Å². The number of anilines is 1. The molecule has 1 atom stereocenters. The van der Waals surface area contributed by atoms with Crippen LogP contribution in [0.4, 0.5) is 5.69 Å². The summed E-state index contributed by atoms with van der Waals surface area (Å²) in [4.78, 5) is 13.3. The van der Waals surface area contributed by atoms with Gasteiger partial charge in [-0.1, -0.05) is 22.0 Å². The van der Waals surface area contributed by atoms with Crippen LogP contribution in [0, 0.1) is 6.92 Å². The van der Waals surface area contributed by atoms with Crippen molar-refractivity contribution in [2.45, 2.75) is 19.9 Å². The van der Waals surface area contributed by atoms with Gasteiger partial charge in [-0.25, -0.2) is 0 Å². The molecule has 3 nitrogen and oxygen atoms in total. The molecular weight excluding hydrogens is 268 g/mol. The van der Waals surface area contributed by atoms with Crippen molar-refractivity contribution in [2.75, 3.05) is 19.4 Å². The molecule has 1 unspecified atom stereocenters. The minimum Gasteiger partial charge on any atom is -0.374 e. The quantitative estimate of drug-likeness (QED) is 0.926. The lowest BCUT2D eigenvalue weighted by molar-refractivity contribution is -0.129. The van der Waals surface area contributed by atoms with Crippen LogP contribution in [0.3, 0.4) is 0 Å². The molecule has 0 heterocycles. The van der Waals surface area contributed by atoms with Crippen LogP contribution in [-0.2, 0) is 4.79 Å². The van der Waals surface area contributed by atoms with Gasteiger partial charge in [0.15, 0.2) is 0 Å². The molecule has 1 N–H and O–H groups in total. The molecule has 4 heteroatoms. The van der Waals surface area contributed by atoms with E-state index in [-0.39, 0.29) is 11.9 Å². The van der Waals surface area contributed by atoms with Crippen molar-refractivity contribution in [3.63, 3.8) is 0 Å². The van der Waals surface area contributed by atoms with Crippen LogP contribution in [0.2, 0.25) is 0 Å². The number of rotatable bonds is 3. The van der Waals surface area contributed by atoms with Gasteiger partial charge in [-0.3, -0.25) is 4.79 Å². The average molecular weight is 285 g/mol. The van der Waals surface area contributed by atoms with Crippen molar-refractivity contribution in [1.82, 2.24) is 4.90 Å². The van der Waals surface area contributed by atoms with E-state index in [2.05, 4.69) is 21.2 Å². The Bertz CT molecular complexity index is 391. The molecule has 88 valence electrons. The lowest BCUT2D eigenvalue weighted by Crippen LogP contribution is -2.36. The SMILES string of the molecule is Cc1c(Br)cccc1NC(C)C(=O)N(C)C. The highest BCUT2D eigenvalue weighted by molar-refractivity contribution is 9.10. The number of amides is 1. The number of carbonyl (C=O) groups excluding carboxylic acids is 1. The van der Waals surface area contributed by atoms with Crippen molar-refractivity contribution in [3.05, 3.63) is 28.2 Å². The van der Waals surface area contributed by atoms with E-state index in [0.29, 0.717) is 0 Å². The van der Waals surface area contributed by atoms with Crippen LogP contribution in [0.5, 0.6) is 0 Å². The Labute approximate surface area is 105 Å². The van der Waals surface area contributed by atoms with Gasteiger partial charge in [0, 0.05) is 24.3 Å². The second-order valence-electron chi connectivity index (χ2n) is 4.01. The highest BCUT2D eigenvalue weighted by Crippen LogP contribution is 2.24. The van der Waals surface area contributed by atoms with E-state index in [4.69, 9.17) is 0 Å². The van der Waals surface area contributed by atoms with Gasteiger partial charge in [0.25, 0.3) is 0 Å². The molecule has 1 aromatic rings. The Morgan fingerprint density at radius 3 is 2.62 bits per heavy atom. The number of nitrogens with one attached hydrogen (secondary N) is 1. The van der Waals surface area contributed by atoms with Gasteiger partial charge in [0.2, 0.25) is 5.91 Å². The molecule has 0 aromatic heterocycles. The summed E-state index contributed by atoms with van der Waals surface area (Å²) < 4.78 is 1.04. The molecule has 1 amide bonds. The Kier molecular flexibility index (Phi) is 4.35. The maximum absolute atomic E-state index is 11.7. The molecule has 0 bridgehead atoms. The number of carbonyl (C=O) groups is 1. The van der Waals surface area contributed by atoms with E-state index in [1.165, 1.54) is 0 Å². The number of hydrogen-bond acceptors (Lipinski definition) is 2. The minimum atomic E-state index is -0.219. The Balaban J connectivity index is 2.81. The Morgan fingerprint density at radius 2 is 2.06 bits per heavy atom. The van der Waals surface area contributed by atoms with Crippen molar-refractivity contribution in [2.24, 2.45) is 0 Å². The van der Waals surface area contributed by atoms with E-state index in [1.54, 1.807) is 19.0 Å². The van der Waals surface area contributed by atoms with E-state index < -0.39 is 0 Å². The highest BCUT2D eigenvalue weighted by Gasteiger charge is 2.15. The lowest BCUT2D eigenvalue weighted by atomic mass is 10.2. The second kappa shape index (κ2) is 5.34. The van der Waals surface area contributed by atoms with Crippen molar-refractivity contribution in [3.8, 4) is 0 Å². The van der Waals surface area contributed by atoms with E-state index in [9.17, 15) is 4.79 Å². The number of likely N-dealkylation sites (N-methyl/N-ethyl adjacent to an activating group) is 1. The van der Waals surface area contributed by atoms with Gasteiger partial charge in [0.05, 0.1) is 0 Å². The first-order chi connectivity index (χ1) is 7.43. The third-order valence-corrected chi connectivity index (χ3v) is 3.31. The van der Waals surface area contributed by atoms with Gasteiger partial charge in [0.1, 0.15) is 6.04 Å². The first kappa shape index (κ1) is 13.0. The predicted molar refractivity (Wildman–Crippen MR) is 70.7 cm³/mol. The van der Waals surface area contributed by atoms with Gasteiger partial charge in [-0.2, -0.15) is 0 Å². The van der Waals surface area contributed by atoms with Crippen LogP contribution >= 0.6 is 15.9 Å². The summed E-state index contributed by atoms with van der Waals surface area (Å²) in [6.07, 6.45) is 0. The van der Waals surface area contributed by atoms with Crippen LogP contribution in [-0.4, -0.2) is 30.9 Å². The first-order valence-electron chi connectivity index (χ1n) is 5.16. The highest BCUT2D eigenvalue weighted by atomic mass is 79.9. The Hall–Kier alpha value is -1.03. The molecule has 0 radical (unpaired) electrons. The van der Waals surface area contributed by atoms with Crippen LogP contribution in [0.15, 0.2) is 22.7 Å². The fourth-order valence-electron chi connectivity index (χ4n) is 1.45. The number of benzene rings is 1. The zero-order valence-corrected chi connectivity index (χ0v) is 11.6. The predicted octanol–water partition coefficient (Wildman–Crippen LogP) is 2.65. The second-order valence-corrected chi connectivity index (χ2v) is 4.87. The van der Waals surface area contributed by atoms with Crippen molar-refractivity contribution >= 4 is 27.5 Å². The monoisotopic (exact) mass is 284 g/mol. The summed E-state index contributed by atoms with van der Waals surface area (Å²) in [5, 5.41) is 3.21. The maximum atomic E-state index is 11.7. The topological polar surface area (TPSA) is 32.3 Å². The summed E-state index contributed by atoms with van der Waals surface area (Å²) in [7, 11) is 3.52. The van der Waals surface area contributed by atoms with Crippen LogP contribution in [0.25, 0.3) is 0 Å². The summed E-state index contributed by atoms with van der Waals surface area (Å²) in [5.41, 5.74) is 2.10. The van der Waals surface area contributed by atoms with Crippen molar-refractivity contribution < 1.29 is 4.79 Å². The molecule has 0 aliphatic carbocycles. The summed E-state index contributed by atoms with van der Waals surface area (Å²) in [6.45, 7) is 3.88. The largest absolute Gasteiger partial charge is 0.374 e. The summed E-state index contributed by atoms with van der Waals surface area (Å²) in [6, 6.07) is 5.69. The lowest BCUT2D eigenvalue weighted by Gasteiger charge is -2.20. The van der Waals surface area contributed by atoms with Crippen LogP contribution in [0.1, 0.15) is 12.5 Å². The molecule has 0 aliphatic rings. The smallest absolute Gasteiger partial charge is 0.244 e. The summed E-state index contributed by atoms with van der Waals surface area (Å²) in [5.74, 6) is 0.0689. The first-order valence-corrected chi connectivity index (χ1v) is 5.95. The molecular formula is C12H17BrN2O. The zero-order chi connectivity index (χ0) is 12.3. The molecule has 0 fully saturated rings. The number of nitrogens with zero attached hydrogens (tertiary/aromatic N) is 1. The third-order valence-electron chi connectivity index (χ3n) is 2.45. The third kappa shape index (κ3) is 2.98. The fourth-order valence-corrected chi connectivity index (χ4v) is 1.81. The molecule has 0 aliphatic heterocycles. The van der Waals surface area contributed by atoms with Gasteiger partial charge >= 0.3 is 0 Å². The molecule has 1 aromatic carbocycles. The molecule has 1 rings (SSSR count). The molecule has 0 saturated carbocycles. The van der Waals surface area contributed by atoms with E-state index >= 15 is 0 Å². The van der Waals surface area contributed by atoms with E-state index in [1.807, 2.05) is 32.0 Å². The van der Waals surface area contributed by atoms with E-state index in [0.717, 1.165) is 15.7 Å². The summed E-state index contributed by atoms with van der Waals surface area (Å²) >= 11 is 3.47. The van der Waals surface area contributed by atoms with Crippen LogP contribution < -0.4 is 5.32 Å². The minimum absolute atomic E-state index is 0.0689. The Morgan fingerprint density at radius 1 is 1.44 bits per heavy atom. The van der Waals surface area contributed by atoms with Crippen molar-refractivity contribution in [1.29, 1.82) is 0 Å².